The van der Waals surface area contributed by atoms with E-state index < -0.39 is 0 Å². The van der Waals surface area contributed by atoms with Crippen LogP contribution in [0.5, 0.6) is 0 Å². The highest BCUT2D eigenvalue weighted by Gasteiger charge is 1.99. The summed E-state index contributed by atoms with van der Waals surface area (Å²) in [6, 6.07) is 7.45. The van der Waals surface area contributed by atoms with E-state index in [0.717, 1.165) is 24.2 Å². The maximum atomic E-state index is 11.2. The van der Waals surface area contributed by atoms with Crippen molar-refractivity contribution in [3.63, 3.8) is 0 Å². The zero-order valence-electron chi connectivity index (χ0n) is 14.2. The number of rotatable bonds is 14. The Morgan fingerprint density at radius 2 is 1.26 bits per heavy atom. The first kappa shape index (κ1) is 19.8. The molecule has 5 heteroatoms. The molecule has 130 valence electrons. The molecule has 1 aromatic rings. The molecule has 0 aromatic heterocycles. The monoisotopic (exact) mass is 324 g/mol. The molecule has 0 aliphatic heterocycles. The molecular formula is C18H28O5. The fraction of sp³-hybridized carbons (Fsp3) is 0.611. The van der Waals surface area contributed by atoms with Gasteiger partial charge in [0.1, 0.15) is 0 Å². The summed E-state index contributed by atoms with van der Waals surface area (Å²) in [4.78, 5) is 11.2. The molecule has 0 saturated heterocycles. The van der Waals surface area contributed by atoms with Gasteiger partial charge in [-0.05, 0) is 18.9 Å². The summed E-state index contributed by atoms with van der Waals surface area (Å²) in [5.74, 6) is 0.0741. The Balaban J connectivity index is 1.90. The minimum absolute atomic E-state index is 0.0741. The fourth-order valence-electron chi connectivity index (χ4n) is 1.83. The Bertz CT molecular complexity index is 416. The second kappa shape index (κ2) is 13.2. The average molecular weight is 324 g/mol. The first-order valence-electron chi connectivity index (χ1n) is 8.15. The third kappa shape index (κ3) is 10.2. The van der Waals surface area contributed by atoms with Crippen molar-refractivity contribution in [2.45, 2.75) is 26.9 Å². The van der Waals surface area contributed by atoms with E-state index in [-0.39, 0.29) is 5.78 Å². The van der Waals surface area contributed by atoms with E-state index in [4.69, 9.17) is 18.9 Å². The van der Waals surface area contributed by atoms with Crippen molar-refractivity contribution in [2.24, 2.45) is 0 Å². The summed E-state index contributed by atoms with van der Waals surface area (Å²) >= 11 is 0. The number of carbonyl (C=O) groups is 1. The number of hydrogen-bond acceptors (Lipinski definition) is 5. The van der Waals surface area contributed by atoms with Gasteiger partial charge in [0.05, 0.1) is 46.2 Å². The lowest BCUT2D eigenvalue weighted by Gasteiger charge is -2.07. The van der Waals surface area contributed by atoms with Gasteiger partial charge in [0.25, 0.3) is 0 Å². The molecule has 1 aromatic carbocycles. The van der Waals surface area contributed by atoms with Gasteiger partial charge >= 0.3 is 0 Å². The van der Waals surface area contributed by atoms with Gasteiger partial charge in [-0.2, -0.15) is 0 Å². The summed E-state index contributed by atoms with van der Waals surface area (Å²) in [6.07, 6.45) is 1.03. The van der Waals surface area contributed by atoms with Gasteiger partial charge in [0.15, 0.2) is 5.78 Å². The quantitative estimate of drug-likeness (QED) is 0.389. The number of ketones is 1. The molecule has 0 atom stereocenters. The lowest BCUT2D eigenvalue weighted by molar-refractivity contribution is -0.00401. The Kier molecular flexibility index (Phi) is 11.3. The van der Waals surface area contributed by atoms with Crippen LogP contribution in [-0.4, -0.2) is 52.0 Å². The molecule has 0 unspecified atom stereocenters. The lowest BCUT2D eigenvalue weighted by atomic mass is 10.1. The molecule has 0 spiro atoms. The number of Topliss-reactive ketones (excluding diaryl/α,β-unsaturated/α-hetero) is 1. The van der Waals surface area contributed by atoms with Crippen LogP contribution in [0.4, 0.5) is 0 Å². The van der Waals surface area contributed by atoms with Crippen LogP contribution in [0.25, 0.3) is 0 Å². The molecule has 0 saturated carbocycles. The van der Waals surface area contributed by atoms with E-state index in [9.17, 15) is 4.79 Å². The van der Waals surface area contributed by atoms with Gasteiger partial charge in [-0.1, -0.05) is 31.2 Å². The van der Waals surface area contributed by atoms with Crippen LogP contribution in [0, 0.1) is 0 Å². The van der Waals surface area contributed by atoms with Crippen molar-refractivity contribution in [1.29, 1.82) is 0 Å². The Morgan fingerprint density at radius 3 is 1.74 bits per heavy atom. The molecule has 5 nitrogen and oxygen atoms in total. The van der Waals surface area contributed by atoms with Crippen LogP contribution >= 0.6 is 0 Å². The van der Waals surface area contributed by atoms with E-state index >= 15 is 0 Å². The maximum absolute atomic E-state index is 11.2. The summed E-state index contributed by atoms with van der Waals surface area (Å²) in [5, 5.41) is 0. The number of ether oxygens (including phenoxy) is 4. The topological polar surface area (TPSA) is 54.0 Å². The molecule has 0 radical (unpaired) electrons. The molecule has 0 aliphatic rings. The van der Waals surface area contributed by atoms with E-state index in [2.05, 4.69) is 6.92 Å². The normalized spacial score (nSPS) is 10.9. The van der Waals surface area contributed by atoms with E-state index in [1.165, 1.54) is 0 Å². The zero-order chi connectivity index (χ0) is 16.8. The maximum Gasteiger partial charge on any atom is 0.159 e. The summed E-state index contributed by atoms with van der Waals surface area (Å²) in [5.41, 5.74) is 1.77. The number of hydrogen-bond donors (Lipinski definition) is 0. The second-order valence-electron chi connectivity index (χ2n) is 5.14. The van der Waals surface area contributed by atoms with Gasteiger partial charge < -0.3 is 18.9 Å². The van der Waals surface area contributed by atoms with E-state index in [0.29, 0.717) is 46.2 Å². The highest BCUT2D eigenvalue weighted by atomic mass is 16.6. The molecule has 1 rings (SSSR count). The smallest absolute Gasteiger partial charge is 0.159 e. The lowest BCUT2D eigenvalue weighted by Crippen LogP contribution is -2.12. The first-order valence-corrected chi connectivity index (χ1v) is 8.15. The molecule has 0 heterocycles. The summed E-state index contributed by atoms with van der Waals surface area (Å²) in [6.45, 7) is 8.40. The van der Waals surface area contributed by atoms with Crippen LogP contribution in [0.3, 0.4) is 0 Å². The third-order valence-electron chi connectivity index (χ3n) is 3.09. The minimum atomic E-state index is 0.0741. The highest BCUT2D eigenvalue weighted by Crippen LogP contribution is 2.06. The van der Waals surface area contributed by atoms with Gasteiger partial charge in [-0.25, -0.2) is 0 Å². The number of benzene rings is 1. The molecule has 0 bridgehead atoms. The summed E-state index contributed by atoms with van der Waals surface area (Å²) < 4.78 is 21.6. The van der Waals surface area contributed by atoms with Crippen LogP contribution in [0.2, 0.25) is 0 Å². The molecule has 23 heavy (non-hydrogen) atoms. The minimum Gasteiger partial charge on any atom is -0.379 e. The Labute approximate surface area is 138 Å². The van der Waals surface area contributed by atoms with Crippen molar-refractivity contribution < 1.29 is 23.7 Å². The van der Waals surface area contributed by atoms with Gasteiger partial charge in [0.2, 0.25) is 0 Å². The van der Waals surface area contributed by atoms with E-state index in [1.54, 1.807) is 6.92 Å². The molecule has 0 aliphatic carbocycles. The summed E-state index contributed by atoms with van der Waals surface area (Å²) in [7, 11) is 0. The van der Waals surface area contributed by atoms with Crippen LogP contribution in [-0.2, 0) is 25.6 Å². The van der Waals surface area contributed by atoms with Crippen molar-refractivity contribution in [3.05, 3.63) is 35.4 Å². The highest BCUT2D eigenvalue weighted by molar-refractivity contribution is 5.93. The average Bonchev–Trinajstić information content (AvgIpc) is 2.56. The van der Waals surface area contributed by atoms with Gasteiger partial charge in [0, 0.05) is 12.2 Å². The van der Waals surface area contributed by atoms with Gasteiger partial charge in [-0.15, -0.1) is 0 Å². The number of carbonyl (C=O) groups excluding carboxylic acids is 1. The second-order valence-corrected chi connectivity index (χ2v) is 5.14. The third-order valence-corrected chi connectivity index (χ3v) is 3.09. The Hall–Kier alpha value is -1.27. The van der Waals surface area contributed by atoms with E-state index in [1.807, 2.05) is 24.3 Å². The van der Waals surface area contributed by atoms with Crippen molar-refractivity contribution in [2.75, 3.05) is 46.2 Å². The van der Waals surface area contributed by atoms with Crippen LogP contribution in [0.15, 0.2) is 24.3 Å². The molecular weight excluding hydrogens is 296 g/mol. The first-order chi connectivity index (χ1) is 11.2. The van der Waals surface area contributed by atoms with Crippen molar-refractivity contribution in [3.8, 4) is 0 Å². The molecule has 0 N–H and O–H groups in total. The fourth-order valence-corrected chi connectivity index (χ4v) is 1.83. The largest absolute Gasteiger partial charge is 0.379 e. The Morgan fingerprint density at radius 1 is 0.783 bits per heavy atom. The standard InChI is InChI=1S/C18H28O5/c1-3-8-20-9-10-21-11-12-22-13-14-23-15-17-4-6-18(7-5-17)16(2)19/h4-7H,3,8-15H2,1-2H3. The SMILES string of the molecule is CCCOCCOCCOCCOCc1ccc(C(C)=O)cc1. The van der Waals surface area contributed by atoms with Crippen molar-refractivity contribution in [1.82, 2.24) is 0 Å². The van der Waals surface area contributed by atoms with Crippen molar-refractivity contribution >= 4 is 5.78 Å². The predicted octanol–water partition coefficient (Wildman–Crippen LogP) is 2.87. The van der Waals surface area contributed by atoms with Crippen LogP contribution in [0.1, 0.15) is 36.2 Å². The predicted molar refractivity (Wildman–Crippen MR) is 88.9 cm³/mol. The van der Waals surface area contributed by atoms with Crippen LogP contribution < -0.4 is 0 Å². The van der Waals surface area contributed by atoms with Gasteiger partial charge in [-0.3, -0.25) is 4.79 Å². The molecule has 0 amide bonds. The zero-order valence-corrected chi connectivity index (χ0v) is 14.2. The molecule has 0 fully saturated rings.